The van der Waals surface area contributed by atoms with E-state index in [9.17, 15) is 10.2 Å². The van der Waals surface area contributed by atoms with Gasteiger partial charge in [0.15, 0.2) is 0 Å². The van der Waals surface area contributed by atoms with Crippen molar-refractivity contribution in [3.05, 3.63) is 22.3 Å². The van der Waals surface area contributed by atoms with E-state index < -0.39 is 0 Å². The van der Waals surface area contributed by atoms with E-state index in [1.165, 1.54) is 0 Å². The zero-order valence-electron chi connectivity index (χ0n) is 10.2. The minimum absolute atomic E-state index is 0.224. The first-order valence-electron chi connectivity index (χ1n) is 5.45. The van der Waals surface area contributed by atoms with Gasteiger partial charge in [0.1, 0.15) is 11.5 Å². The van der Waals surface area contributed by atoms with Gasteiger partial charge >= 0.3 is 0 Å². The zero-order valence-corrected chi connectivity index (χ0v) is 10.2. The lowest BCUT2D eigenvalue weighted by Crippen LogP contribution is -2.00. The monoisotopic (exact) mass is 208 g/mol. The maximum absolute atomic E-state index is 10.1. The minimum Gasteiger partial charge on any atom is -0.507 e. The molecule has 1 aromatic carbocycles. The molecule has 0 aliphatic rings. The average molecular weight is 208 g/mol. The van der Waals surface area contributed by atoms with E-state index in [1.54, 1.807) is 0 Å². The summed E-state index contributed by atoms with van der Waals surface area (Å²) in [6.45, 7) is 9.75. The molecule has 0 heterocycles. The molecule has 0 radical (unpaired) electrons. The van der Waals surface area contributed by atoms with Crippen molar-refractivity contribution in [1.29, 1.82) is 0 Å². The Bertz CT molecular complexity index is 379. The van der Waals surface area contributed by atoms with Gasteiger partial charge in [0.25, 0.3) is 0 Å². The molecule has 2 N–H and O–H groups in total. The van der Waals surface area contributed by atoms with E-state index >= 15 is 0 Å². The quantitative estimate of drug-likeness (QED) is 0.731. The Morgan fingerprint density at radius 1 is 1.00 bits per heavy atom. The molecular weight excluding hydrogens is 188 g/mol. The number of phenolic OH excluding ortho intramolecular Hbond substituents is 2. The number of rotatable bonds is 2. The highest BCUT2D eigenvalue weighted by Crippen LogP contribution is 2.40. The molecule has 0 fully saturated rings. The molecule has 0 bridgehead atoms. The summed E-state index contributed by atoms with van der Waals surface area (Å²) in [6, 6.07) is 0. The Kier molecular flexibility index (Phi) is 3.28. The van der Waals surface area contributed by atoms with Crippen LogP contribution in [0, 0.1) is 13.8 Å². The van der Waals surface area contributed by atoms with E-state index in [2.05, 4.69) is 0 Å². The molecule has 15 heavy (non-hydrogen) atoms. The van der Waals surface area contributed by atoms with Gasteiger partial charge in [-0.05, 0) is 37.3 Å². The third-order valence-corrected chi connectivity index (χ3v) is 3.04. The van der Waals surface area contributed by atoms with Crippen LogP contribution in [0.1, 0.15) is 48.9 Å². The van der Waals surface area contributed by atoms with Gasteiger partial charge in [-0.1, -0.05) is 20.8 Å². The summed E-state index contributed by atoms with van der Waals surface area (Å²) in [5, 5.41) is 20.1. The maximum atomic E-state index is 10.1. The van der Waals surface area contributed by atoms with Crippen LogP contribution in [0.25, 0.3) is 0 Å². The molecule has 1 aromatic rings. The molecule has 2 heteroatoms. The van der Waals surface area contributed by atoms with Crippen LogP contribution in [0.15, 0.2) is 0 Å². The number of benzene rings is 1. The second-order valence-electron chi connectivity index (χ2n) is 4.35. The van der Waals surface area contributed by atoms with Crippen molar-refractivity contribution in [3.8, 4) is 11.5 Å². The van der Waals surface area contributed by atoms with Gasteiger partial charge in [-0.15, -0.1) is 0 Å². The van der Waals surface area contributed by atoms with Gasteiger partial charge < -0.3 is 10.2 Å². The van der Waals surface area contributed by atoms with Crippen molar-refractivity contribution < 1.29 is 10.2 Å². The normalized spacial score (nSPS) is 11.1. The van der Waals surface area contributed by atoms with Crippen LogP contribution in [0.4, 0.5) is 0 Å². The Labute approximate surface area is 91.6 Å². The van der Waals surface area contributed by atoms with E-state index in [-0.39, 0.29) is 5.92 Å². The first-order valence-corrected chi connectivity index (χ1v) is 5.45. The summed E-state index contributed by atoms with van der Waals surface area (Å²) < 4.78 is 0. The lowest BCUT2D eigenvalue weighted by Gasteiger charge is -2.19. The van der Waals surface area contributed by atoms with Crippen molar-refractivity contribution in [3.63, 3.8) is 0 Å². The third-order valence-electron chi connectivity index (χ3n) is 3.04. The van der Waals surface area contributed by atoms with Crippen LogP contribution in [-0.4, -0.2) is 10.2 Å². The highest BCUT2D eigenvalue weighted by molar-refractivity contribution is 5.58. The summed E-state index contributed by atoms with van der Waals surface area (Å²) in [5.74, 6) is 0.912. The standard InChI is InChI=1S/C13H20O2/c1-6-10-8(4)12(14)9(5)11(7(2)3)13(10)15/h7,14-15H,6H2,1-5H3. The highest BCUT2D eigenvalue weighted by Gasteiger charge is 2.19. The fraction of sp³-hybridized carbons (Fsp3) is 0.538. The van der Waals surface area contributed by atoms with Crippen molar-refractivity contribution in [1.82, 2.24) is 0 Å². The zero-order chi connectivity index (χ0) is 11.7. The topological polar surface area (TPSA) is 40.5 Å². The van der Waals surface area contributed by atoms with Crippen LogP contribution in [0.3, 0.4) is 0 Å². The summed E-state index contributed by atoms with van der Waals surface area (Å²) in [6.07, 6.45) is 0.741. The molecule has 1 rings (SSSR count). The van der Waals surface area contributed by atoms with Crippen LogP contribution in [0.5, 0.6) is 11.5 Å². The first kappa shape index (κ1) is 11.9. The molecule has 0 saturated carbocycles. The molecule has 2 nitrogen and oxygen atoms in total. The van der Waals surface area contributed by atoms with Gasteiger partial charge in [-0.25, -0.2) is 0 Å². The number of hydrogen-bond donors (Lipinski definition) is 2. The van der Waals surface area contributed by atoms with Gasteiger partial charge in [0, 0.05) is 11.1 Å². The summed E-state index contributed by atoms with van der Waals surface area (Å²) in [5.41, 5.74) is 3.34. The van der Waals surface area contributed by atoms with Crippen molar-refractivity contribution in [2.24, 2.45) is 0 Å². The lowest BCUT2D eigenvalue weighted by molar-refractivity contribution is 0.438. The van der Waals surface area contributed by atoms with E-state index in [0.717, 1.165) is 28.7 Å². The summed E-state index contributed by atoms with van der Waals surface area (Å²) in [7, 11) is 0. The lowest BCUT2D eigenvalue weighted by atomic mass is 9.89. The predicted octanol–water partition coefficient (Wildman–Crippen LogP) is 3.40. The molecule has 0 aliphatic carbocycles. The third kappa shape index (κ3) is 1.81. The fourth-order valence-corrected chi connectivity index (χ4v) is 2.21. The minimum atomic E-state index is 0.224. The fourth-order valence-electron chi connectivity index (χ4n) is 2.21. The number of aromatic hydroxyl groups is 2. The van der Waals surface area contributed by atoms with E-state index in [1.807, 2.05) is 34.6 Å². The Morgan fingerprint density at radius 2 is 1.53 bits per heavy atom. The predicted molar refractivity (Wildman–Crippen MR) is 62.7 cm³/mol. The maximum Gasteiger partial charge on any atom is 0.123 e. The van der Waals surface area contributed by atoms with Crippen molar-refractivity contribution in [2.45, 2.75) is 47.0 Å². The number of hydrogen-bond acceptors (Lipinski definition) is 2. The molecule has 0 atom stereocenters. The van der Waals surface area contributed by atoms with Gasteiger partial charge in [0.2, 0.25) is 0 Å². The van der Waals surface area contributed by atoms with Gasteiger partial charge in [-0.3, -0.25) is 0 Å². The molecule has 84 valence electrons. The average Bonchev–Trinajstić information content (AvgIpc) is 2.15. The summed E-state index contributed by atoms with van der Waals surface area (Å²) in [4.78, 5) is 0. The first-order chi connectivity index (χ1) is 6.91. The Hall–Kier alpha value is -1.18. The molecule has 0 aliphatic heterocycles. The Balaban J connectivity index is 3.60. The molecule has 0 aromatic heterocycles. The van der Waals surface area contributed by atoms with Gasteiger partial charge in [-0.2, -0.15) is 0 Å². The summed E-state index contributed by atoms with van der Waals surface area (Å²) >= 11 is 0. The van der Waals surface area contributed by atoms with Crippen molar-refractivity contribution in [2.75, 3.05) is 0 Å². The van der Waals surface area contributed by atoms with Crippen LogP contribution in [0.2, 0.25) is 0 Å². The van der Waals surface area contributed by atoms with E-state index in [4.69, 9.17) is 0 Å². The molecule has 0 amide bonds. The molecule has 0 saturated heterocycles. The molecule has 0 spiro atoms. The van der Waals surface area contributed by atoms with Crippen LogP contribution in [-0.2, 0) is 6.42 Å². The largest absolute Gasteiger partial charge is 0.507 e. The van der Waals surface area contributed by atoms with Gasteiger partial charge in [0.05, 0.1) is 0 Å². The van der Waals surface area contributed by atoms with Crippen molar-refractivity contribution >= 4 is 0 Å². The second kappa shape index (κ2) is 4.13. The highest BCUT2D eigenvalue weighted by atomic mass is 16.3. The smallest absolute Gasteiger partial charge is 0.123 e. The van der Waals surface area contributed by atoms with Crippen LogP contribution < -0.4 is 0 Å². The SMILES string of the molecule is CCc1c(C)c(O)c(C)c(C(C)C)c1O. The molecular formula is C13H20O2. The van der Waals surface area contributed by atoms with Crippen LogP contribution >= 0.6 is 0 Å². The second-order valence-corrected chi connectivity index (χ2v) is 4.35. The van der Waals surface area contributed by atoms with E-state index in [0.29, 0.717) is 11.5 Å². The molecule has 0 unspecified atom stereocenters. The number of phenols is 2. The Morgan fingerprint density at radius 3 is 1.93 bits per heavy atom.